The van der Waals surface area contributed by atoms with E-state index in [1.54, 1.807) is 19.1 Å². The van der Waals surface area contributed by atoms with Gasteiger partial charge in [-0.05, 0) is 19.1 Å². The van der Waals surface area contributed by atoms with Crippen LogP contribution in [0.5, 0.6) is 0 Å². The van der Waals surface area contributed by atoms with Crippen LogP contribution < -0.4 is 0 Å². The number of ether oxygens (including phenoxy) is 1. The molecule has 5 nitrogen and oxygen atoms in total. The highest BCUT2D eigenvalue weighted by Crippen LogP contribution is 2.38. The molecule has 1 fully saturated rings. The summed E-state index contributed by atoms with van der Waals surface area (Å²) < 4.78 is 5.84. The summed E-state index contributed by atoms with van der Waals surface area (Å²) in [6.07, 6.45) is -0.612. The number of halogens is 1. The maximum absolute atomic E-state index is 11.5. The van der Waals surface area contributed by atoms with Gasteiger partial charge in [-0.25, -0.2) is 4.79 Å². The van der Waals surface area contributed by atoms with Gasteiger partial charge in [0.2, 0.25) is 0 Å². The lowest BCUT2D eigenvalue weighted by Crippen LogP contribution is -2.32. The Morgan fingerprint density at radius 1 is 1.71 bits per heavy atom. The topological polar surface area (TPSA) is 66.8 Å². The molecule has 7 heteroatoms. The van der Waals surface area contributed by atoms with Gasteiger partial charge in [-0.15, -0.1) is 11.3 Å². The predicted molar refractivity (Wildman–Crippen MR) is 62.4 cm³/mol. The van der Waals surface area contributed by atoms with Crippen LogP contribution in [0.15, 0.2) is 12.1 Å². The predicted octanol–water partition coefficient (Wildman–Crippen LogP) is 2.15. The molecular formula is C10H10ClNO4S. The first-order valence-corrected chi connectivity index (χ1v) is 6.06. The van der Waals surface area contributed by atoms with E-state index in [-0.39, 0.29) is 13.1 Å². The molecule has 2 rings (SSSR count). The minimum Gasteiger partial charge on any atom is -0.480 e. The van der Waals surface area contributed by atoms with Crippen LogP contribution in [-0.4, -0.2) is 35.2 Å². The largest absolute Gasteiger partial charge is 0.480 e. The van der Waals surface area contributed by atoms with Crippen LogP contribution in [-0.2, 0) is 15.1 Å². The third-order valence-electron chi connectivity index (χ3n) is 2.48. The SMILES string of the molecule is CC1(c2ccc(Cl)s2)CN(CC(=O)O)C(=O)O1. The zero-order valence-electron chi connectivity index (χ0n) is 8.97. The van der Waals surface area contributed by atoms with E-state index >= 15 is 0 Å². The molecule has 1 aliphatic rings. The van der Waals surface area contributed by atoms with Crippen LogP contribution in [0.25, 0.3) is 0 Å². The average molecular weight is 276 g/mol. The van der Waals surface area contributed by atoms with Crippen molar-refractivity contribution in [1.82, 2.24) is 4.90 Å². The van der Waals surface area contributed by atoms with Gasteiger partial charge in [0.15, 0.2) is 5.60 Å². The van der Waals surface area contributed by atoms with Crippen molar-refractivity contribution in [3.8, 4) is 0 Å². The highest BCUT2D eigenvalue weighted by atomic mass is 35.5. The standard InChI is InChI=1S/C10H10ClNO4S/c1-10(6-2-3-7(11)17-6)5-12(4-8(13)14)9(15)16-10/h2-3H,4-5H2,1H3,(H,13,14). The molecule has 1 unspecified atom stereocenters. The molecule has 0 radical (unpaired) electrons. The van der Waals surface area contributed by atoms with Gasteiger partial charge in [0, 0.05) is 0 Å². The van der Waals surface area contributed by atoms with E-state index in [1.165, 1.54) is 11.3 Å². The summed E-state index contributed by atoms with van der Waals surface area (Å²) in [5, 5.41) is 8.67. The van der Waals surface area contributed by atoms with Crippen molar-refractivity contribution in [1.29, 1.82) is 0 Å². The number of rotatable bonds is 3. The Hall–Kier alpha value is -1.27. The first-order valence-electron chi connectivity index (χ1n) is 4.86. The number of carboxylic acids is 1. The number of aliphatic carboxylic acids is 1. The van der Waals surface area contributed by atoms with Crippen molar-refractivity contribution in [2.75, 3.05) is 13.1 Å². The number of nitrogens with zero attached hydrogens (tertiary/aromatic N) is 1. The Morgan fingerprint density at radius 3 is 2.94 bits per heavy atom. The normalized spacial score (nSPS) is 23.9. The molecule has 1 saturated heterocycles. The lowest BCUT2D eigenvalue weighted by atomic mass is 10.1. The zero-order valence-corrected chi connectivity index (χ0v) is 10.5. The molecule has 0 spiro atoms. The van der Waals surface area contributed by atoms with E-state index in [1.807, 2.05) is 0 Å². The molecule has 0 saturated carbocycles. The minimum absolute atomic E-state index is 0.217. The van der Waals surface area contributed by atoms with Crippen LogP contribution in [0.1, 0.15) is 11.8 Å². The lowest BCUT2D eigenvalue weighted by Gasteiger charge is -2.19. The second-order valence-electron chi connectivity index (χ2n) is 3.95. The van der Waals surface area contributed by atoms with Gasteiger partial charge in [-0.2, -0.15) is 0 Å². The van der Waals surface area contributed by atoms with Crippen LogP contribution in [0.4, 0.5) is 4.79 Å². The highest BCUT2D eigenvalue weighted by Gasteiger charge is 2.44. The fourth-order valence-corrected chi connectivity index (χ4v) is 2.85. The van der Waals surface area contributed by atoms with Crippen LogP contribution in [0.2, 0.25) is 4.34 Å². The second-order valence-corrected chi connectivity index (χ2v) is 5.67. The average Bonchev–Trinajstić information content (AvgIpc) is 2.73. The maximum atomic E-state index is 11.5. The fourth-order valence-electron chi connectivity index (χ4n) is 1.73. The summed E-state index contributed by atoms with van der Waals surface area (Å²) in [4.78, 5) is 24.1. The van der Waals surface area contributed by atoms with Crippen molar-refractivity contribution in [3.05, 3.63) is 21.3 Å². The number of thiophene rings is 1. The van der Waals surface area contributed by atoms with E-state index in [9.17, 15) is 9.59 Å². The molecular weight excluding hydrogens is 266 g/mol. The Balaban J connectivity index is 2.19. The quantitative estimate of drug-likeness (QED) is 0.918. The molecule has 0 bridgehead atoms. The number of amides is 1. The monoisotopic (exact) mass is 275 g/mol. The Morgan fingerprint density at radius 2 is 2.41 bits per heavy atom. The molecule has 1 amide bonds. The van der Waals surface area contributed by atoms with E-state index in [4.69, 9.17) is 21.4 Å². The summed E-state index contributed by atoms with van der Waals surface area (Å²) in [6, 6.07) is 3.51. The van der Waals surface area contributed by atoms with Gasteiger partial charge in [0.05, 0.1) is 15.8 Å². The zero-order chi connectivity index (χ0) is 12.6. The lowest BCUT2D eigenvalue weighted by molar-refractivity contribution is -0.137. The molecule has 1 N–H and O–H groups in total. The number of cyclic esters (lactones) is 1. The van der Waals surface area contributed by atoms with Gasteiger partial charge in [0.25, 0.3) is 0 Å². The van der Waals surface area contributed by atoms with Gasteiger partial charge < -0.3 is 9.84 Å². The third kappa shape index (κ3) is 2.37. The van der Waals surface area contributed by atoms with E-state index < -0.39 is 17.7 Å². The highest BCUT2D eigenvalue weighted by molar-refractivity contribution is 7.16. The smallest absolute Gasteiger partial charge is 0.411 e. The van der Waals surface area contributed by atoms with Crippen molar-refractivity contribution in [2.45, 2.75) is 12.5 Å². The number of carbonyl (C=O) groups is 2. The molecule has 92 valence electrons. The Kier molecular flexibility index (Phi) is 3.01. The first-order chi connectivity index (χ1) is 7.90. The summed E-state index contributed by atoms with van der Waals surface area (Å²) >= 11 is 7.15. The molecule has 17 heavy (non-hydrogen) atoms. The Labute approximate surface area is 107 Å². The summed E-state index contributed by atoms with van der Waals surface area (Å²) in [5.41, 5.74) is -0.815. The maximum Gasteiger partial charge on any atom is 0.411 e. The van der Waals surface area contributed by atoms with E-state index in [2.05, 4.69) is 0 Å². The second kappa shape index (κ2) is 4.19. The van der Waals surface area contributed by atoms with Crippen LogP contribution in [0, 0.1) is 0 Å². The van der Waals surface area contributed by atoms with Crippen molar-refractivity contribution in [3.63, 3.8) is 0 Å². The number of hydrogen-bond acceptors (Lipinski definition) is 4. The molecule has 2 heterocycles. The molecule has 1 aromatic rings. The van der Waals surface area contributed by atoms with Crippen LogP contribution in [0.3, 0.4) is 0 Å². The van der Waals surface area contributed by atoms with Gasteiger partial charge in [0.1, 0.15) is 6.54 Å². The van der Waals surface area contributed by atoms with Gasteiger partial charge >= 0.3 is 12.1 Å². The van der Waals surface area contributed by atoms with E-state index in [0.717, 1.165) is 9.78 Å². The first kappa shape index (κ1) is 12.2. The summed E-state index contributed by atoms with van der Waals surface area (Å²) in [5.74, 6) is -1.06. The van der Waals surface area contributed by atoms with Crippen molar-refractivity contribution >= 4 is 35.0 Å². The number of hydrogen-bond donors (Lipinski definition) is 1. The van der Waals surface area contributed by atoms with E-state index in [0.29, 0.717) is 4.34 Å². The molecule has 1 atom stereocenters. The van der Waals surface area contributed by atoms with Gasteiger partial charge in [-0.1, -0.05) is 11.6 Å². The molecule has 1 aliphatic heterocycles. The number of carbonyl (C=O) groups excluding carboxylic acids is 1. The minimum atomic E-state index is -1.06. The number of carboxylic acid groups (broad SMARTS) is 1. The van der Waals surface area contributed by atoms with Crippen molar-refractivity contribution in [2.24, 2.45) is 0 Å². The Bertz CT molecular complexity index is 475. The summed E-state index contributed by atoms with van der Waals surface area (Å²) in [6.45, 7) is 1.61. The summed E-state index contributed by atoms with van der Waals surface area (Å²) in [7, 11) is 0. The molecule has 1 aromatic heterocycles. The molecule has 0 aliphatic carbocycles. The third-order valence-corrected chi connectivity index (χ3v) is 3.96. The van der Waals surface area contributed by atoms with Crippen molar-refractivity contribution < 1.29 is 19.4 Å². The molecule has 0 aromatic carbocycles. The van der Waals surface area contributed by atoms with Gasteiger partial charge in [-0.3, -0.25) is 9.69 Å². The van der Waals surface area contributed by atoms with Crippen LogP contribution >= 0.6 is 22.9 Å². The fraction of sp³-hybridized carbons (Fsp3) is 0.400.